The lowest BCUT2D eigenvalue weighted by Gasteiger charge is -2.23. The van der Waals surface area contributed by atoms with Crippen LogP contribution in [-0.4, -0.2) is 6.29 Å². The number of allylic oxidation sites excluding steroid dienone is 6. The van der Waals surface area contributed by atoms with E-state index in [1.807, 2.05) is 19.1 Å². The van der Waals surface area contributed by atoms with Crippen molar-refractivity contribution in [3.63, 3.8) is 0 Å². The van der Waals surface area contributed by atoms with E-state index < -0.39 is 0 Å². The largest absolute Gasteiger partial charge is 0.299 e. The van der Waals surface area contributed by atoms with Gasteiger partial charge in [0.25, 0.3) is 0 Å². The summed E-state index contributed by atoms with van der Waals surface area (Å²) in [6, 6.07) is 15.0. The van der Waals surface area contributed by atoms with Gasteiger partial charge in [-0.15, -0.1) is 0 Å². The van der Waals surface area contributed by atoms with Gasteiger partial charge in [-0.05, 0) is 52.0 Å². The fourth-order valence-electron chi connectivity index (χ4n) is 2.60. The van der Waals surface area contributed by atoms with E-state index in [0.717, 1.165) is 11.9 Å². The van der Waals surface area contributed by atoms with Crippen molar-refractivity contribution in [2.24, 2.45) is 5.41 Å². The molecule has 2 rings (SSSR count). The van der Waals surface area contributed by atoms with E-state index in [1.165, 1.54) is 21.9 Å². The Hall–Kier alpha value is -2.41. The van der Waals surface area contributed by atoms with Crippen LogP contribution in [0.5, 0.6) is 0 Å². The van der Waals surface area contributed by atoms with Crippen molar-refractivity contribution >= 4 is 22.6 Å². The molecule has 0 aliphatic carbocycles. The summed E-state index contributed by atoms with van der Waals surface area (Å²) in [5.74, 6) is 0. The van der Waals surface area contributed by atoms with Crippen LogP contribution in [0.2, 0.25) is 0 Å². The van der Waals surface area contributed by atoms with Crippen LogP contribution in [0, 0.1) is 5.41 Å². The molecule has 0 aliphatic heterocycles. The molecular weight excluding hydrogens is 280 g/mol. The number of hydrogen-bond donors (Lipinski definition) is 0. The molecule has 2 aromatic carbocycles. The van der Waals surface area contributed by atoms with Gasteiger partial charge >= 0.3 is 0 Å². The Kier molecular flexibility index (Phi) is 5.33. The SMILES string of the molecule is CC(C=CC=C(c1ccc2ccccc2c1)C(C)(C)C)=CC=O. The zero-order valence-electron chi connectivity index (χ0n) is 14.3. The van der Waals surface area contributed by atoms with Crippen LogP contribution in [0.15, 0.2) is 72.3 Å². The minimum absolute atomic E-state index is 0.0368. The predicted octanol–water partition coefficient (Wildman–Crippen LogP) is 5.97. The Balaban J connectivity index is 2.45. The van der Waals surface area contributed by atoms with Crippen LogP contribution < -0.4 is 0 Å². The van der Waals surface area contributed by atoms with Gasteiger partial charge < -0.3 is 0 Å². The van der Waals surface area contributed by atoms with Gasteiger partial charge in [0.15, 0.2) is 0 Å². The zero-order valence-corrected chi connectivity index (χ0v) is 14.3. The second kappa shape index (κ2) is 7.23. The first kappa shape index (κ1) is 17.0. The topological polar surface area (TPSA) is 17.1 Å². The second-order valence-corrected chi connectivity index (χ2v) is 6.80. The Labute approximate surface area is 139 Å². The fraction of sp³-hybridized carbons (Fsp3) is 0.227. The molecule has 0 spiro atoms. The molecule has 0 fully saturated rings. The Morgan fingerprint density at radius 2 is 1.65 bits per heavy atom. The maximum atomic E-state index is 10.5. The van der Waals surface area contributed by atoms with Crippen molar-refractivity contribution in [3.05, 3.63) is 77.9 Å². The summed E-state index contributed by atoms with van der Waals surface area (Å²) in [6.45, 7) is 8.58. The monoisotopic (exact) mass is 304 g/mol. The van der Waals surface area contributed by atoms with Gasteiger partial charge in [0, 0.05) is 0 Å². The molecule has 0 radical (unpaired) electrons. The minimum atomic E-state index is 0.0368. The summed E-state index contributed by atoms with van der Waals surface area (Å²) in [6.07, 6.45) is 8.51. The maximum Gasteiger partial charge on any atom is 0.143 e. The molecule has 0 unspecified atom stereocenters. The average molecular weight is 304 g/mol. The summed E-state index contributed by atoms with van der Waals surface area (Å²) >= 11 is 0. The Bertz CT molecular complexity index is 783. The van der Waals surface area contributed by atoms with E-state index >= 15 is 0 Å². The first-order valence-corrected chi connectivity index (χ1v) is 7.92. The van der Waals surface area contributed by atoms with Gasteiger partial charge in [-0.3, -0.25) is 4.79 Å². The molecule has 0 aliphatic rings. The zero-order chi connectivity index (χ0) is 16.9. The van der Waals surface area contributed by atoms with Gasteiger partial charge in [-0.25, -0.2) is 0 Å². The normalized spacial score (nSPS) is 13.7. The number of carbonyl (C=O) groups excluding carboxylic acids is 1. The van der Waals surface area contributed by atoms with Crippen LogP contribution in [0.4, 0.5) is 0 Å². The molecule has 1 nitrogen and oxygen atoms in total. The number of fused-ring (bicyclic) bond motifs is 1. The standard InChI is InChI=1S/C22H24O/c1-17(14-15-23)8-7-11-21(22(2,3)4)20-13-12-18-9-5-6-10-19(18)16-20/h5-16H,1-4H3. The van der Waals surface area contributed by atoms with E-state index in [1.54, 1.807) is 6.08 Å². The van der Waals surface area contributed by atoms with Crippen molar-refractivity contribution in [2.45, 2.75) is 27.7 Å². The fourth-order valence-corrected chi connectivity index (χ4v) is 2.60. The molecule has 118 valence electrons. The third-order valence-electron chi connectivity index (χ3n) is 3.82. The van der Waals surface area contributed by atoms with Gasteiger partial charge in [0.1, 0.15) is 6.29 Å². The van der Waals surface area contributed by atoms with Crippen LogP contribution in [0.3, 0.4) is 0 Å². The van der Waals surface area contributed by atoms with E-state index in [-0.39, 0.29) is 5.41 Å². The second-order valence-electron chi connectivity index (χ2n) is 6.80. The molecule has 0 heterocycles. The first-order chi connectivity index (χ1) is 10.9. The molecule has 0 bridgehead atoms. The van der Waals surface area contributed by atoms with Crippen molar-refractivity contribution in [2.75, 3.05) is 0 Å². The van der Waals surface area contributed by atoms with E-state index in [9.17, 15) is 4.79 Å². The number of hydrogen-bond acceptors (Lipinski definition) is 1. The first-order valence-electron chi connectivity index (χ1n) is 7.92. The van der Waals surface area contributed by atoms with Crippen LogP contribution >= 0.6 is 0 Å². The van der Waals surface area contributed by atoms with Crippen molar-refractivity contribution in [3.8, 4) is 0 Å². The quantitative estimate of drug-likeness (QED) is 0.386. The van der Waals surface area contributed by atoms with Crippen LogP contribution in [-0.2, 0) is 4.79 Å². The molecule has 0 aromatic heterocycles. The molecule has 0 amide bonds. The van der Waals surface area contributed by atoms with Gasteiger partial charge in [0.2, 0.25) is 0 Å². The minimum Gasteiger partial charge on any atom is -0.299 e. The highest BCUT2D eigenvalue weighted by atomic mass is 16.1. The van der Waals surface area contributed by atoms with Crippen molar-refractivity contribution in [1.82, 2.24) is 0 Å². The summed E-state index contributed by atoms with van der Waals surface area (Å²) in [5.41, 5.74) is 3.49. The average Bonchev–Trinajstić information content (AvgIpc) is 2.50. The van der Waals surface area contributed by atoms with E-state index in [0.29, 0.717) is 0 Å². The summed E-state index contributed by atoms with van der Waals surface area (Å²) in [4.78, 5) is 10.5. The van der Waals surface area contributed by atoms with Crippen LogP contribution in [0.1, 0.15) is 33.3 Å². The molecule has 1 heteroatoms. The molecular formula is C22H24O. The van der Waals surface area contributed by atoms with E-state index in [2.05, 4.69) is 69.3 Å². The summed E-state index contributed by atoms with van der Waals surface area (Å²) in [7, 11) is 0. The third-order valence-corrected chi connectivity index (χ3v) is 3.82. The molecule has 0 N–H and O–H groups in total. The number of rotatable bonds is 4. The highest BCUT2D eigenvalue weighted by molar-refractivity contribution is 5.87. The highest BCUT2D eigenvalue weighted by Gasteiger charge is 2.18. The predicted molar refractivity (Wildman–Crippen MR) is 100 cm³/mol. The smallest absolute Gasteiger partial charge is 0.143 e. The maximum absolute atomic E-state index is 10.5. The molecule has 2 aromatic rings. The van der Waals surface area contributed by atoms with Gasteiger partial charge in [-0.2, -0.15) is 0 Å². The van der Waals surface area contributed by atoms with Crippen molar-refractivity contribution in [1.29, 1.82) is 0 Å². The Morgan fingerprint density at radius 3 is 2.30 bits per heavy atom. The molecule has 0 atom stereocenters. The lowest BCUT2D eigenvalue weighted by atomic mass is 9.81. The Morgan fingerprint density at radius 1 is 0.957 bits per heavy atom. The van der Waals surface area contributed by atoms with Crippen LogP contribution in [0.25, 0.3) is 16.3 Å². The lowest BCUT2D eigenvalue weighted by Crippen LogP contribution is -2.08. The van der Waals surface area contributed by atoms with Gasteiger partial charge in [-0.1, -0.05) is 75.4 Å². The van der Waals surface area contributed by atoms with E-state index in [4.69, 9.17) is 0 Å². The number of carbonyl (C=O) groups is 1. The summed E-state index contributed by atoms with van der Waals surface area (Å²) < 4.78 is 0. The number of benzene rings is 2. The molecule has 0 saturated heterocycles. The lowest BCUT2D eigenvalue weighted by molar-refractivity contribution is -0.104. The van der Waals surface area contributed by atoms with Crippen molar-refractivity contribution < 1.29 is 4.79 Å². The number of aldehydes is 1. The third kappa shape index (κ3) is 4.53. The van der Waals surface area contributed by atoms with Gasteiger partial charge in [0.05, 0.1) is 0 Å². The summed E-state index contributed by atoms with van der Waals surface area (Å²) in [5, 5.41) is 2.51. The molecule has 23 heavy (non-hydrogen) atoms. The highest BCUT2D eigenvalue weighted by Crippen LogP contribution is 2.35. The molecule has 0 saturated carbocycles.